The lowest BCUT2D eigenvalue weighted by molar-refractivity contribution is -0.119. The molecule has 0 aliphatic heterocycles. The number of imidazole rings is 1. The van der Waals surface area contributed by atoms with E-state index in [1.807, 2.05) is 24.3 Å². The molecule has 5 nitrogen and oxygen atoms in total. The maximum absolute atomic E-state index is 12.1. The van der Waals surface area contributed by atoms with Crippen LogP contribution >= 0.6 is 11.8 Å². The van der Waals surface area contributed by atoms with Gasteiger partial charge in [-0.25, -0.2) is 4.98 Å². The van der Waals surface area contributed by atoms with Crippen molar-refractivity contribution in [1.82, 2.24) is 14.9 Å². The summed E-state index contributed by atoms with van der Waals surface area (Å²) in [6, 6.07) is 8.01. The van der Waals surface area contributed by atoms with Gasteiger partial charge in [0.1, 0.15) is 0 Å². The van der Waals surface area contributed by atoms with Gasteiger partial charge < -0.3 is 15.0 Å². The molecule has 2 N–H and O–H groups in total. The highest BCUT2D eigenvalue weighted by Crippen LogP contribution is 2.27. The van der Waals surface area contributed by atoms with Crippen molar-refractivity contribution < 1.29 is 9.90 Å². The van der Waals surface area contributed by atoms with Crippen LogP contribution in [0.1, 0.15) is 32.6 Å². The number of para-hydroxylation sites is 2. The average Bonchev–Trinajstić information content (AvgIpc) is 3.24. The quantitative estimate of drug-likeness (QED) is 0.756. The minimum absolute atomic E-state index is 0.0493. The Morgan fingerprint density at radius 1 is 1.42 bits per heavy atom. The van der Waals surface area contributed by atoms with Gasteiger partial charge in [-0.1, -0.05) is 36.7 Å². The van der Waals surface area contributed by atoms with E-state index in [2.05, 4.69) is 21.8 Å². The Bertz CT molecular complexity index is 695. The molecular formula is C18H25N3O2S. The van der Waals surface area contributed by atoms with Gasteiger partial charge in [0.25, 0.3) is 0 Å². The van der Waals surface area contributed by atoms with E-state index in [1.54, 1.807) is 0 Å². The van der Waals surface area contributed by atoms with Crippen molar-refractivity contribution in [3.8, 4) is 0 Å². The van der Waals surface area contributed by atoms with Crippen LogP contribution in [0.5, 0.6) is 0 Å². The number of aromatic nitrogens is 2. The number of hydrogen-bond acceptors (Lipinski definition) is 4. The largest absolute Gasteiger partial charge is 0.391 e. The van der Waals surface area contributed by atoms with Crippen LogP contribution in [-0.4, -0.2) is 39.0 Å². The first-order valence-corrected chi connectivity index (χ1v) is 9.70. The van der Waals surface area contributed by atoms with Gasteiger partial charge in [0.05, 0.1) is 22.9 Å². The molecule has 1 heterocycles. The third-order valence-electron chi connectivity index (χ3n) is 4.72. The first-order chi connectivity index (χ1) is 11.7. The molecule has 1 unspecified atom stereocenters. The Hall–Kier alpha value is -1.53. The summed E-state index contributed by atoms with van der Waals surface area (Å²) in [5, 5.41) is 13.8. The van der Waals surface area contributed by atoms with E-state index in [9.17, 15) is 9.90 Å². The lowest BCUT2D eigenvalue weighted by atomic mass is 10.0. The van der Waals surface area contributed by atoms with Gasteiger partial charge in [-0.2, -0.15) is 0 Å². The summed E-state index contributed by atoms with van der Waals surface area (Å²) in [6.45, 7) is 3.26. The molecule has 1 fully saturated rings. The second-order valence-electron chi connectivity index (χ2n) is 6.33. The second kappa shape index (κ2) is 8.03. The van der Waals surface area contributed by atoms with Gasteiger partial charge >= 0.3 is 0 Å². The Labute approximate surface area is 146 Å². The number of aliphatic hydroxyl groups excluding tert-OH is 1. The first-order valence-electron chi connectivity index (χ1n) is 8.72. The number of amides is 1. The number of carbonyl (C=O) groups is 1. The first kappa shape index (κ1) is 17.3. The molecule has 1 saturated carbocycles. The van der Waals surface area contributed by atoms with Crippen LogP contribution in [0.4, 0.5) is 0 Å². The van der Waals surface area contributed by atoms with E-state index < -0.39 is 6.10 Å². The van der Waals surface area contributed by atoms with Gasteiger partial charge in [0.15, 0.2) is 5.16 Å². The number of nitrogens with one attached hydrogen (secondary N) is 1. The Morgan fingerprint density at radius 2 is 2.17 bits per heavy atom. The van der Waals surface area contributed by atoms with Gasteiger partial charge in [-0.15, -0.1) is 0 Å². The van der Waals surface area contributed by atoms with E-state index >= 15 is 0 Å². The van der Waals surface area contributed by atoms with Crippen LogP contribution in [0, 0.1) is 5.92 Å². The summed E-state index contributed by atoms with van der Waals surface area (Å²) >= 11 is 1.45. The molecule has 1 amide bonds. The van der Waals surface area contributed by atoms with Gasteiger partial charge in [0, 0.05) is 13.1 Å². The molecule has 130 valence electrons. The predicted octanol–water partition coefficient (Wildman–Crippen LogP) is 2.82. The Morgan fingerprint density at radius 3 is 2.92 bits per heavy atom. The fraction of sp³-hybridized carbons (Fsp3) is 0.556. The Kier molecular flexibility index (Phi) is 5.79. The number of thioether (sulfide) groups is 1. The fourth-order valence-corrected chi connectivity index (χ4v) is 4.29. The van der Waals surface area contributed by atoms with E-state index in [0.717, 1.165) is 35.6 Å². The number of aliphatic hydroxyl groups is 1. The number of aryl methyl sites for hydroxylation is 1. The fourth-order valence-electron chi connectivity index (χ4n) is 3.38. The lowest BCUT2D eigenvalue weighted by Gasteiger charge is -2.17. The minimum Gasteiger partial charge on any atom is -0.391 e. The topological polar surface area (TPSA) is 67.2 Å². The normalized spacial score (nSPS) is 16.6. The van der Waals surface area contributed by atoms with Crippen LogP contribution in [0.3, 0.4) is 0 Å². The van der Waals surface area contributed by atoms with E-state index in [0.29, 0.717) is 18.2 Å². The van der Waals surface area contributed by atoms with Crippen molar-refractivity contribution in [2.24, 2.45) is 5.92 Å². The molecule has 2 aromatic rings. The second-order valence-corrected chi connectivity index (χ2v) is 7.27. The minimum atomic E-state index is -0.415. The number of benzene rings is 1. The van der Waals surface area contributed by atoms with Gasteiger partial charge in [-0.3, -0.25) is 4.79 Å². The smallest absolute Gasteiger partial charge is 0.230 e. The van der Waals surface area contributed by atoms with Crippen molar-refractivity contribution >= 4 is 28.7 Å². The van der Waals surface area contributed by atoms with Gasteiger partial charge in [-0.05, 0) is 37.8 Å². The molecule has 1 atom stereocenters. The predicted molar refractivity (Wildman–Crippen MR) is 97.1 cm³/mol. The van der Waals surface area contributed by atoms with Crippen LogP contribution in [0.2, 0.25) is 0 Å². The summed E-state index contributed by atoms with van der Waals surface area (Å²) in [5.74, 6) is 0.620. The van der Waals surface area contributed by atoms with Crippen molar-refractivity contribution in [3.63, 3.8) is 0 Å². The highest BCUT2D eigenvalue weighted by Gasteiger charge is 2.23. The molecule has 3 rings (SSSR count). The number of nitrogens with zero attached hydrogens (tertiary/aromatic N) is 2. The molecule has 0 bridgehead atoms. The van der Waals surface area contributed by atoms with Gasteiger partial charge in [0.2, 0.25) is 5.91 Å². The standard InChI is InChI=1S/C18H25N3O2S/c1-2-21-15-10-6-5-9-14(15)20-18(21)24-12-17(23)19-11-16(22)13-7-3-4-8-13/h5-6,9-10,13,16,22H,2-4,7-8,11-12H2,1H3,(H,19,23). The summed E-state index contributed by atoms with van der Waals surface area (Å²) in [4.78, 5) is 16.7. The average molecular weight is 347 g/mol. The zero-order valence-corrected chi connectivity index (χ0v) is 14.9. The van der Waals surface area contributed by atoms with Crippen LogP contribution in [0.15, 0.2) is 29.4 Å². The van der Waals surface area contributed by atoms with Crippen LogP contribution in [0.25, 0.3) is 11.0 Å². The van der Waals surface area contributed by atoms with Crippen molar-refractivity contribution in [3.05, 3.63) is 24.3 Å². The highest BCUT2D eigenvalue weighted by atomic mass is 32.2. The number of carbonyl (C=O) groups excluding carboxylic acids is 1. The molecule has 1 aromatic heterocycles. The molecule has 0 saturated heterocycles. The van der Waals surface area contributed by atoms with Crippen LogP contribution in [-0.2, 0) is 11.3 Å². The summed E-state index contributed by atoms with van der Waals surface area (Å²) < 4.78 is 2.13. The molecule has 0 radical (unpaired) electrons. The molecule has 24 heavy (non-hydrogen) atoms. The number of rotatable bonds is 7. The molecule has 1 aliphatic carbocycles. The SMILES string of the molecule is CCn1c(SCC(=O)NCC(O)C2CCCC2)nc2ccccc21. The summed E-state index contributed by atoms with van der Waals surface area (Å²) in [6.07, 6.45) is 4.12. The molecule has 0 spiro atoms. The third-order valence-corrected chi connectivity index (χ3v) is 5.70. The van der Waals surface area contributed by atoms with E-state index in [4.69, 9.17) is 0 Å². The number of hydrogen-bond donors (Lipinski definition) is 2. The maximum Gasteiger partial charge on any atom is 0.230 e. The molecular weight excluding hydrogens is 322 g/mol. The molecule has 1 aliphatic rings. The van der Waals surface area contributed by atoms with Crippen molar-refractivity contribution in [2.45, 2.75) is 50.4 Å². The zero-order chi connectivity index (χ0) is 16.9. The highest BCUT2D eigenvalue weighted by molar-refractivity contribution is 7.99. The summed E-state index contributed by atoms with van der Waals surface area (Å²) in [7, 11) is 0. The zero-order valence-electron chi connectivity index (χ0n) is 14.1. The van der Waals surface area contributed by atoms with E-state index in [1.165, 1.54) is 24.6 Å². The van der Waals surface area contributed by atoms with Crippen LogP contribution < -0.4 is 5.32 Å². The maximum atomic E-state index is 12.1. The lowest BCUT2D eigenvalue weighted by Crippen LogP contribution is -2.36. The number of fused-ring (bicyclic) bond motifs is 1. The monoisotopic (exact) mass is 347 g/mol. The van der Waals surface area contributed by atoms with E-state index in [-0.39, 0.29) is 5.91 Å². The molecule has 1 aromatic carbocycles. The Balaban J connectivity index is 1.52. The van der Waals surface area contributed by atoms with Crippen molar-refractivity contribution in [1.29, 1.82) is 0 Å². The summed E-state index contributed by atoms with van der Waals surface area (Å²) in [5.41, 5.74) is 2.05. The molecule has 6 heteroatoms. The third kappa shape index (κ3) is 3.92. The van der Waals surface area contributed by atoms with Crippen molar-refractivity contribution in [2.75, 3.05) is 12.3 Å².